The van der Waals surface area contributed by atoms with Gasteiger partial charge in [-0.2, -0.15) is 0 Å². The van der Waals surface area contributed by atoms with Crippen molar-refractivity contribution in [2.24, 2.45) is 0 Å². The first-order valence-corrected chi connectivity index (χ1v) is 7.58. The molecule has 0 bridgehead atoms. The maximum Gasteiger partial charge on any atom is 0.251 e. The molecule has 0 saturated carbocycles. The summed E-state index contributed by atoms with van der Waals surface area (Å²) in [5.41, 5.74) is 2.28. The van der Waals surface area contributed by atoms with Crippen molar-refractivity contribution in [3.05, 3.63) is 71.7 Å². The Bertz CT molecular complexity index is 834. The average Bonchev–Trinajstić information content (AvgIpc) is 2.90. The SMILES string of the molecule is CC(C)(Cc1c[nH]c2ccccc12)NC(=O)c1ccc(F)cc1. The lowest BCUT2D eigenvalue weighted by molar-refractivity contribution is 0.0913. The minimum absolute atomic E-state index is 0.199. The van der Waals surface area contributed by atoms with Gasteiger partial charge in [-0.25, -0.2) is 4.39 Å². The van der Waals surface area contributed by atoms with Gasteiger partial charge in [0.15, 0.2) is 0 Å². The molecule has 4 heteroatoms. The molecule has 0 atom stereocenters. The van der Waals surface area contributed by atoms with Gasteiger partial charge in [0.25, 0.3) is 5.91 Å². The van der Waals surface area contributed by atoms with Gasteiger partial charge in [0.2, 0.25) is 0 Å². The summed E-state index contributed by atoms with van der Waals surface area (Å²) in [6, 6.07) is 13.7. The van der Waals surface area contributed by atoms with Crippen LogP contribution in [0.5, 0.6) is 0 Å². The summed E-state index contributed by atoms with van der Waals surface area (Å²) in [5.74, 6) is -0.547. The van der Waals surface area contributed by atoms with Crippen LogP contribution in [0.25, 0.3) is 10.9 Å². The third kappa shape index (κ3) is 3.42. The number of nitrogens with one attached hydrogen (secondary N) is 2. The molecule has 2 N–H and O–H groups in total. The number of aromatic amines is 1. The van der Waals surface area contributed by atoms with E-state index in [9.17, 15) is 9.18 Å². The number of carbonyl (C=O) groups is 1. The topological polar surface area (TPSA) is 44.9 Å². The maximum absolute atomic E-state index is 13.0. The number of carbonyl (C=O) groups excluding carboxylic acids is 1. The van der Waals surface area contributed by atoms with Crippen LogP contribution in [-0.2, 0) is 6.42 Å². The summed E-state index contributed by atoms with van der Waals surface area (Å²) >= 11 is 0. The second-order valence-electron chi connectivity index (χ2n) is 6.38. The van der Waals surface area contributed by atoms with E-state index in [2.05, 4.69) is 16.4 Å². The Labute approximate surface area is 134 Å². The quantitative estimate of drug-likeness (QED) is 0.750. The van der Waals surface area contributed by atoms with Crippen molar-refractivity contribution in [3.63, 3.8) is 0 Å². The highest BCUT2D eigenvalue weighted by atomic mass is 19.1. The summed E-state index contributed by atoms with van der Waals surface area (Å²) in [6.45, 7) is 3.96. The number of amides is 1. The van der Waals surface area contributed by atoms with Crippen LogP contribution in [-0.4, -0.2) is 16.4 Å². The zero-order chi connectivity index (χ0) is 16.4. The molecule has 0 saturated heterocycles. The lowest BCUT2D eigenvalue weighted by Crippen LogP contribution is -2.45. The molecule has 0 radical (unpaired) electrons. The highest BCUT2D eigenvalue weighted by Crippen LogP contribution is 2.22. The Balaban J connectivity index is 1.76. The minimum Gasteiger partial charge on any atom is -0.361 e. The Kier molecular flexibility index (Phi) is 3.90. The molecule has 1 aromatic heterocycles. The fourth-order valence-electron chi connectivity index (χ4n) is 2.78. The molecule has 0 fully saturated rings. The molecule has 3 aromatic rings. The Morgan fingerprint density at radius 2 is 1.83 bits per heavy atom. The third-order valence-corrected chi connectivity index (χ3v) is 3.87. The highest BCUT2D eigenvalue weighted by molar-refractivity contribution is 5.94. The molecule has 2 aromatic carbocycles. The first-order valence-electron chi connectivity index (χ1n) is 7.58. The van der Waals surface area contributed by atoms with E-state index >= 15 is 0 Å². The standard InChI is InChI=1S/C19H19FN2O/c1-19(2,22-18(23)13-7-9-15(20)10-8-13)11-14-12-21-17-6-4-3-5-16(14)17/h3-10,12,21H,11H2,1-2H3,(H,22,23). The smallest absolute Gasteiger partial charge is 0.251 e. The molecular formula is C19H19FN2O. The second kappa shape index (κ2) is 5.88. The molecule has 3 nitrogen and oxygen atoms in total. The number of para-hydroxylation sites is 1. The van der Waals surface area contributed by atoms with Crippen LogP contribution < -0.4 is 5.32 Å². The number of fused-ring (bicyclic) bond motifs is 1. The van der Waals surface area contributed by atoms with E-state index in [1.807, 2.05) is 38.2 Å². The van der Waals surface area contributed by atoms with E-state index in [0.29, 0.717) is 12.0 Å². The molecule has 23 heavy (non-hydrogen) atoms. The number of benzene rings is 2. The van der Waals surface area contributed by atoms with Crippen LogP contribution >= 0.6 is 0 Å². The maximum atomic E-state index is 13.0. The molecule has 0 aliphatic carbocycles. The van der Waals surface area contributed by atoms with Gasteiger partial charge in [-0.1, -0.05) is 18.2 Å². The van der Waals surface area contributed by atoms with Gasteiger partial charge >= 0.3 is 0 Å². The minimum atomic E-state index is -0.420. The fraction of sp³-hybridized carbons (Fsp3) is 0.211. The van der Waals surface area contributed by atoms with E-state index in [1.165, 1.54) is 24.3 Å². The summed E-state index contributed by atoms with van der Waals surface area (Å²) in [5, 5.41) is 4.18. The van der Waals surface area contributed by atoms with E-state index in [1.54, 1.807) is 0 Å². The van der Waals surface area contributed by atoms with Crippen LogP contribution in [0.3, 0.4) is 0 Å². The number of halogens is 1. The number of aromatic nitrogens is 1. The number of hydrogen-bond acceptors (Lipinski definition) is 1. The fourth-order valence-corrected chi connectivity index (χ4v) is 2.78. The predicted octanol–water partition coefficient (Wildman–Crippen LogP) is 4.06. The van der Waals surface area contributed by atoms with Gasteiger partial charge in [-0.15, -0.1) is 0 Å². The number of H-pyrrole nitrogens is 1. The van der Waals surface area contributed by atoms with E-state index in [-0.39, 0.29) is 11.7 Å². The lowest BCUT2D eigenvalue weighted by atomic mass is 9.94. The van der Waals surface area contributed by atoms with Gasteiger partial charge in [0.1, 0.15) is 5.82 Å². The van der Waals surface area contributed by atoms with Crippen molar-refractivity contribution in [2.75, 3.05) is 0 Å². The van der Waals surface area contributed by atoms with Gasteiger partial charge in [0, 0.05) is 28.2 Å². The monoisotopic (exact) mass is 310 g/mol. The van der Waals surface area contributed by atoms with Gasteiger partial charge in [0.05, 0.1) is 0 Å². The molecular weight excluding hydrogens is 291 g/mol. The van der Waals surface area contributed by atoms with Crippen LogP contribution in [0.15, 0.2) is 54.7 Å². The Morgan fingerprint density at radius 1 is 1.13 bits per heavy atom. The summed E-state index contributed by atoms with van der Waals surface area (Å²) in [7, 11) is 0. The Morgan fingerprint density at radius 3 is 2.57 bits per heavy atom. The van der Waals surface area contributed by atoms with Crippen LogP contribution in [0.2, 0.25) is 0 Å². The Hall–Kier alpha value is -2.62. The largest absolute Gasteiger partial charge is 0.361 e. The predicted molar refractivity (Wildman–Crippen MR) is 89.9 cm³/mol. The van der Waals surface area contributed by atoms with E-state index in [4.69, 9.17) is 0 Å². The van der Waals surface area contributed by atoms with Crippen LogP contribution in [0.4, 0.5) is 4.39 Å². The van der Waals surface area contributed by atoms with Gasteiger partial charge < -0.3 is 10.3 Å². The second-order valence-corrected chi connectivity index (χ2v) is 6.38. The van der Waals surface area contributed by atoms with Crippen molar-refractivity contribution in [1.82, 2.24) is 10.3 Å². The normalized spacial score (nSPS) is 11.6. The van der Waals surface area contributed by atoms with E-state index < -0.39 is 5.54 Å². The van der Waals surface area contributed by atoms with Crippen molar-refractivity contribution >= 4 is 16.8 Å². The molecule has 1 heterocycles. The van der Waals surface area contributed by atoms with Gasteiger partial charge in [-0.05, 0) is 56.2 Å². The molecule has 118 valence electrons. The van der Waals surface area contributed by atoms with E-state index in [0.717, 1.165) is 16.5 Å². The van der Waals surface area contributed by atoms with Crippen LogP contribution in [0, 0.1) is 5.82 Å². The molecule has 0 unspecified atom stereocenters. The summed E-state index contributed by atoms with van der Waals surface area (Å²) in [4.78, 5) is 15.6. The zero-order valence-electron chi connectivity index (χ0n) is 13.2. The van der Waals surface area contributed by atoms with Crippen molar-refractivity contribution in [3.8, 4) is 0 Å². The van der Waals surface area contributed by atoms with Crippen molar-refractivity contribution in [2.45, 2.75) is 25.8 Å². The highest BCUT2D eigenvalue weighted by Gasteiger charge is 2.23. The first-order chi connectivity index (χ1) is 10.9. The zero-order valence-corrected chi connectivity index (χ0v) is 13.2. The number of rotatable bonds is 4. The molecule has 0 aliphatic rings. The molecule has 0 aliphatic heterocycles. The van der Waals surface area contributed by atoms with Crippen molar-refractivity contribution in [1.29, 1.82) is 0 Å². The molecule has 0 spiro atoms. The van der Waals surface area contributed by atoms with Crippen LogP contribution in [0.1, 0.15) is 29.8 Å². The number of hydrogen-bond donors (Lipinski definition) is 2. The lowest BCUT2D eigenvalue weighted by Gasteiger charge is -2.26. The van der Waals surface area contributed by atoms with Gasteiger partial charge in [-0.3, -0.25) is 4.79 Å². The summed E-state index contributed by atoms with van der Waals surface area (Å²) < 4.78 is 13.0. The van der Waals surface area contributed by atoms with Crippen molar-refractivity contribution < 1.29 is 9.18 Å². The molecule has 1 amide bonds. The first kappa shape index (κ1) is 15.3. The average molecular weight is 310 g/mol. The molecule has 3 rings (SSSR count). The summed E-state index contributed by atoms with van der Waals surface area (Å²) in [6.07, 6.45) is 2.68. The third-order valence-electron chi connectivity index (χ3n) is 3.87.